The highest BCUT2D eigenvalue weighted by atomic mass is 16.7. The number of carbonyl (C=O) groups excluding carboxylic acids is 3. The predicted molar refractivity (Wildman–Crippen MR) is 273 cm³/mol. The number of quaternary nitrogens is 1. The number of carboxylic acid groups (broad SMARTS) is 1. The lowest BCUT2D eigenvalue weighted by molar-refractivity contribution is -0.870. The molecular weight excluding hydrogens is 827 g/mol. The van der Waals surface area contributed by atoms with Crippen LogP contribution in [0.5, 0.6) is 0 Å². The van der Waals surface area contributed by atoms with E-state index in [1.807, 2.05) is 21.1 Å². The third-order valence-corrected chi connectivity index (χ3v) is 9.92. The van der Waals surface area contributed by atoms with Crippen LogP contribution in [0.15, 0.2) is 122 Å². The molecule has 0 aromatic rings. The van der Waals surface area contributed by atoms with Gasteiger partial charge in [-0.3, -0.25) is 9.59 Å². The number of unbranched alkanes of at least 4 members (excludes halogenated alkanes) is 9. The first-order valence-electron chi connectivity index (χ1n) is 25.2. The monoisotopic (exact) mass is 918 g/mol. The molecule has 0 aliphatic heterocycles. The van der Waals surface area contributed by atoms with Crippen molar-refractivity contribution in [2.45, 2.75) is 174 Å². The number of allylic oxidation sites excluding steroid dienone is 20. The van der Waals surface area contributed by atoms with Gasteiger partial charge in [0.1, 0.15) is 13.2 Å². The molecule has 9 nitrogen and oxygen atoms in total. The highest BCUT2D eigenvalue weighted by Crippen LogP contribution is 2.11. The van der Waals surface area contributed by atoms with Crippen molar-refractivity contribution in [1.82, 2.24) is 0 Å². The molecule has 0 rings (SSSR count). The van der Waals surface area contributed by atoms with Gasteiger partial charge in [0.25, 0.3) is 0 Å². The third kappa shape index (κ3) is 47.6. The first kappa shape index (κ1) is 61.7. The summed E-state index contributed by atoms with van der Waals surface area (Å²) in [6.07, 6.45) is 62.5. The van der Waals surface area contributed by atoms with Gasteiger partial charge in [0, 0.05) is 12.8 Å². The molecule has 2 atom stereocenters. The molecule has 0 aromatic carbocycles. The Labute approximate surface area is 402 Å². The Kier molecular flexibility index (Phi) is 44.1. The number of nitrogens with zero attached hydrogens (tertiary/aromatic N) is 1. The second-order valence-electron chi connectivity index (χ2n) is 17.4. The quantitative estimate of drug-likeness (QED) is 0.0195. The van der Waals surface area contributed by atoms with Crippen LogP contribution < -0.4 is 5.11 Å². The summed E-state index contributed by atoms with van der Waals surface area (Å²) >= 11 is 0. The van der Waals surface area contributed by atoms with Crippen molar-refractivity contribution in [3.8, 4) is 0 Å². The van der Waals surface area contributed by atoms with E-state index in [9.17, 15) is 19.5 Å². The molecule has 66 heavy (non-hydrogen) atoms. The number of likely N-dealkylation sites (N-methyl/N-ethyl adjacent to an activating group) is 1. The van der Waals surface area contributed by atoms with Crippen LogP contribution in [0.2, 0.25) is 0 Å². The van der Waals surface area contributed by atoms with E-state index in [4.69, 9.17) is 18.9 Å². The Balaban J connectivity index is 4.36. The predicted octanol–water partition coefficient (Wildman–Crippen LogP) is 12.8. The van der Waals surface area contributed by atoms with Crippen molar-refractivity contribution in [2.75, 3.05) is 47.5 Å². The molecule has 0 aliphatic rings. The van der Waals surface area contributed by atoms with Gasteiger partial charge in [-0.1, -0.05) is 167 Å². The van der Waals surface area contributed by atoms with E-state index in [2.05, 4.69) is 135 Å². The van der Waals surface area contributed by atoms with E-state index in [1.165, 1.54) is 6.42 Å². The number of aliphatic carboxylic acids is 1. The molecule has 9 heteroatoms. The minimum atomic E-state index is -1.64. The van der Waals surface area contributed by atoms with Crippen molar-refractivity contribution in [3.05, 3.63) is 122 Å². The molecular formula is C57H91NO8. The number of esters is 2. The highest BCUT2D eigenvalue weighted by Gasteiger charge is 2.21. The summed E-state index contributed by atoms with van der Waals surface area (Å²) in [6, 6.07) is 0. The zero-order valence-corrected chi connectivity index (χ0v) is 42.0. The van der Waals surface area contributed by atoms with E-state index < -0.39 is 24.3 Å². The van der Waals surface area contributed by atoms with Crippen LogP contribution in [-0.2, 0) is 33.3 Å². The van der Waals surface area contributed by atoms with Crippen LogP contribution in [0.4, 0.5) is 0 Å². The van der Waals surface area contributed by atoms with Gasteiger partial charge >= 0.3 is 11.9 Å². The van der Waals surface area contributed by atoms with Gasteiger partial charge in [-0.2, -0.15) is 0 Å². The van der Waals surface area contributed by atoms with Gasteiger partial charge in [-0.05, 0) is 103 Å². The van der Waals surface area contributed by atoms with Crippen LogP contribution in [0.1, 0.15) is 162 Å². The molecule has 0 saturated heterocycles. The summed E-state index contributed by atoms with van der Waals surface area (Å²) in [5, 5.41) is 11.7. The van der Waals surface area contributed by atoms with Crippen LogP contribution >= 0.6 is 0 Å². The molecule has 0 radical (unpaired) electrons. The third-order valence-electron chi connectivity index (χ3n) is 9.92. The summed E-state index contributed by atoms with van der Waals surface area (Å²) in [5.41, 5.74) is 0. The SMILES string of the molecule is CC/C=C\C/C=C\C/C=C\C/C=C\C/C=C\C/C=C\C/C=C\C/C=C\C/C=C\CCCCCC(=O)OC(COC(=O)CCCCCCC/C=C\CCC)COC(OCC[N+](C)(C)C)C(=O)[O-]. The second-order valence-corrected chi connectivity index (χ2v) is 17.4. The summed E-state index contributed by atoms with van der Waals surface area (Å²) < 4.78 is 22.5. The molecule has 0 N–H and O–H groups in total. The van der Waals surface area contributed by atoms with Crippen LogP contribution in [0, 0.1) is 0 Å². The average Bonchev–Trinajstić information content (AvgIpc) is 3.28. The standard InChI is InChI=1S/C57H91NO8/c1-6-8-10-12-14-16-18-19-20-21-22-23-24-25-26-27-28-29-30-31-32-33-34-35-36-37-38-40-42-44-46-48-55(60)66-53(52-65-57(56(61)62)63-50-49-58(3,4)5)51-64-54(59)47-45-43-41-39-17-15-13-11-9-7-2/h8,10-11,13-14,16,19-20,22-23,25-26,28-29,31-32,34-35,37-38,53,57H,6-7,9,12,15,17-18,21,24,27,30,33,36,39-52H2,1-5H3/b10-8-,13-11-,16-14-,20-19-,23-22-,26-25-,29-28-,32-31-,35-34-,38-37-. The van der Waals surface area contributed by atoms with Gasteiger partial charge in [0.15, 0.2) is 12.4 Å². The summed E-state index contributed by atoms with van der Waals surface area (Å²) in [5.74, 6) is -2.37. The van der Waals surface area contributed by atoms with Crippen molar-refractivity contribution < 1.29 is 42.9 Å². The zero-order chi connectivity index (χ0) is 48.4. The summed E-state index contributed by atoms with van der Waals surface area (Å²) in [7, 11) is 5.88. The first-order chi connectivity index (χ1) is 32.1. The lowest BCUT2D eigenvalue weighted by Gasteiger charge is -2.26. The Morgan fingerprint density at radius 1 is 0.470 bits per heavy atom. The number of rotatable bonds is 44. The minimum absolute atomic E-state index is 0.132. The van der Waals surface area contributed by atoms with Crippen molar-refractivity contribution >= 4 is 17.9 Å². The van der Waals surface area contributed by atoms with E-state index >= 15 is 0 Å². The van der Waals surface area contributed by atoms with Crippen LogP contribution in [-0.4, -0.2) is 82.3 Å². The molecule has 0 heterocycles. The molecule has 0 amide bonds. The maximum atomic E-state index is 12.8. The van der Waals surface area contributed by atoms with Crippen molar-refractivity contribution in [1.29, 1.82) is 0 Å². The number of hydrogen-bond acceptors (Lipinski definition) is 8. The molecule has 0 fully saturated rings. The molecule has 0 aromatic heterocycles. The fourth-order valence-corrected chi connectivity index (χ4v) is 6.06. The molecule has 0 saturated carbocycles. The molecule has 2 unspecified atom stereocenters. The largest absolute Gasteiger partial charge is 0.545 e. The number of ether oxygens (including phenoxy) is 4. The topological polar surface area (TPSA) is 111 Å². The maximum absolute atomic E-state index is 12.8. The van der Waals surface area contributed by atoms with E-state index in [0.717, 1.165) is 116 Å². The molecule has 0 bridgehead atoms. The van der Waals surface area contributed by atoms with Gasteiger partial charge in [-0.25, -0.2) is 0 Å². The van der Waals surface area contributed by atoms with Gasteiger partial charge < -0.3 is 33.3 Å². The van der Waals surface area contributed by atoms with Crippen LogP contribution in [0.3, 0.4) is 0 Å². The van der Waals surface area contributed by atoms with Crippen LogP contribution in [0.25, 0.3) is 0 Å². The highest BCUT2D eigenvalue weighted by molar-refractivity contribution is 5.70. The summed E-state index contributed by atoms with van der Waals surface area (Å²) in [4.78, 5) is 37.0. The number of hydrogen-bond donors (Lipinski definition) is 0. The first-order valence-corrected chi connectivity index (χ1v) is 25.2. The Morgan fingerprint density at radius 2 is 0.864 bits per heavy atom. The normalized spacial score (nSPS) is 13.9. The smallest absolute Gasteiger partial charge is 0.306 e. The average molecular weight is 918 g/mol. The Hall–Kier alpha value is -4.31. The molecule has 0 spiro atoms. The van der Waals surface area contributed by atoms with Crippen molar-refractivity contribution in [2.24, 2.45) is 0 Å². The fraction of sp³-hybridized carbons (Fsp3) is 0.596. The van der Waals surface area contributed by atoms with Gasteiger partial charge in [-0.15, -0.1) is 0 Å². The second kappa shape index (κ2) is 47.2. The molecule has 0 aliphatic carbocycles. The van der Waals surface area contributed by atoms with Gasteiger partial charge in [0.05, 0.1) is 40.3 Å². The maximum Gasteiger partial charge on any atom is 0.306 e. The lowest BCUT2D eigenvalue weighted by Crippen LogP contribution is -2.44. The Morgan fingerprint density at radius 3 is 1.32 bits per heavy atom. The van der Waals surface area contributed by atoms with E-state index in [0.29, 0.717) is 23.9 Å². The van der Waals surface area contributed by atoms with E-state index in [-0.39, 0.29) is 38.6 Å². The summed E-state index contributed by atoms with van der Waals surface area (Å²) in [6.45, 7) is 4.47. The zero-order valence-electron chi connectivity index (χ0n) is 42.0. The molecule has 372 valence electrons. The number of carbonyl (C=O) groups is 3. The van der Waals surface area contributed by atoms with Gasteiger partial charge in [0.2, 0.25) is 0 Å². The van der Waals surface area contributed by atoms with E-state index in [1.54, 1.807) is 0 Å². The lowest BCUT2D eigenvalue weighted by atomic mass is 10.1. The number of carboxylic acids is 1. The fourth-order valence-electron chi connectivity index (χ4n) is 6.06. The minimum Gasteiger partial charge on any atom is -0.545 e. The Bertz CT molecular complexity index is 1490. The van der Waals surface area contributed by atoms with Crippen molar-refractivity contribution in [3.63, 3.8) is 0 Å².